The number of nitro groups is 1. The summed E-state index contributed by atoms with van der Waals surface area (Å²) in [6.07, 6.45) is -4.47. The van der Waals surface area contributed by atoms with Crippen molar-refractivity contribution in [1.29, 1.82) is 0 Å². The molecular weight excluding hydrogens is 521 g/mol. The van der Waals surface area contributed by atoms with E-state index in [0.717, 1.165) is 35.4 Å². The highest BCUT2D eigenvalue weighted by molar-refractivity contribution is 7.98. The number of amides is 2. The number of benzene rings is 3. The number of aromatic nitrogens is 3. The second-order valence-electron chi connectivity index (χ2n) is 8.11. The van der Waals surface area contributed by atoms with Crippen molar-refractivity contribution in [1.82, 2.24) is 20.1 Å². The Morgan fingerprint density at radius 1 is 1.03 bits per heavy atom. The summed E-state index contributed by atoms with van der Waals surface area (Å²) in [4.78, 5) is 23.0. The first-order chi connectivity index (χ1) is 18.1. The van der Waals surface area contributed by atoms with Crippen LogP contribution in [0.25, 0.3) is 5.69 Å². The van der Waals surface area contributed by atoms with Gasteiger partial charge in [-0.1, -0.05) is 36.0 Å². The molecule has 2 amide bonds. The summed E-state index contributed by atoms with van der Waals surface area (Å²) in [5.74, 6) is 0.952. The summed E-state index contributed by atoms with van der Waals surface area (Å²) in [6, 6.07) is 17.1. The van der Waals surface area contributed by atoms with Gasteiger partial charge in [-0.3, -0.25) is 14.7 Å². The third-order valence-electron chi connectivity index (χ3n) is 5.51. The minimum atomic E-state index is -4.47. The number of nitro benzene ring substituents is 1. The zero-order valence-corrected chi connectivity index (χ0v) is 20.7. The van der Waals surface area contributed by atoms with Gasteiger partial charge in [0.2, 0.25) is 0 Å². The molecule has 13 heteroatoms. The van der Waals surface area contributed by atoms with Crippen LogP contribution >= 0.6 is 11.8 Å². The van der Waals surface area contributed by atoms with Crippen molar-refractivity contribution in [2.24, 2.45) is 0 Å². The molecule has 0 unspecified atom stereocenters. The molecule has 0 fully saturated rings. The van der Waals surface area contributed by atoms with E-state index in [0.29, 0.717) is 22.4 Å². The monoisotopic (exact) mass is 542 g/mol. The van der Waals surface area contributed by atoms with Crippen LogP contribution in [0, 0.1) is 17.0 Å². The Morgan fingerprint density at radius 2 is 1.71 bits per heavy atom. The molecular formula is C25H21F3N6O3S. The number of carbonyl (C=O) groups excluding carboxylic acids is 1. The van der Waals surface area contributed by atoms with Gasteiger partial charge >= 0.3 is 12.2 Å². The molecule has 38 heavy (non-hydrogen) atoms. The zero-order chi connectivity index (χ0) is 27.3. The molecule has 0 saturated heterocycles. The lowest BCUT2D eigenvalue weighted by atomic mass is 10.1. The van der Waals surface area contributed by atoms with Gasteiger partial charge in [0, 0.05) is 29.3 Å². The van der Waals surface area contributed by atoms with E-state index in [2.05, 4.69) is 20.8 Å². The van der Waals surface area contributed by atoms with Crippen molar-refractivity contribution in [3.05, 3.63) is 105 Å². The van der Waals surface area contributed by atoms with E-state index < -0.39 is 22.7 Å². The van der Waals surface area contributed by atoms with Crippen LogP contribution in [0.15, 0.2) is 78.0 Å². The number of carbonyl (C=O) groups is 1. The molecule has 9 nitrogen and oxygen atoms in total. The van der Waals surface area contributed by atoms with Gasteiger partial charge in [-0.15, -0.1) is 10.2 Å². The Morgan fingerprint density at radius 3 is 2.34 bits per heavy atom. The normalized spacial score (nSPS) is 11.3. The maximum Gasteiger partial charge on any atom is 0.416 e. The number of anilines is 1. The third kappa shape index (κ3) is 6.48. The van der Waals surface area contributed by atoms with Crippen LogP contribution < -0.4 is 10.6 Å². The fourth-order valence-electron chi connectivity index (χ4n) is 3.48. The van der Waals surface area contributed by atoms with E-state index in [1.165, 1.54) is 23.9 Å². The zero-order valence-electron chi connectivity index (χ0n) is 19.9. The quantitative estimate of drug-likeness (QED) is 0.158. The summed E-state index contributed by atoms with van der Waals surface area (Å²) in [7, 11) is 0. The number of urea groups is 1. The average Bonchev–Trinajstić information content (AvgIpc) is 3.29. The number of aryl methyl sites for hydroxylation is 1. The van der Waals surface area contributed by atoms with E-state index in [1.54, 1.807) is 16.7 Å². The molecule has 0 saturated carbocycles. The van der Waals surface area contributed by atoms with E-state index in [4.69, 9.17) is 0 Å². The van der Waals surface area contributed by atoms with Crippen molar-refractivity contribution in [2.45, 2.75) is 30.6 Å². The first kappa shape index (κ1) is 26.7. The lowest BCUT2D eigenvalue weighted by molar-refractivity contribution is -0.384. The number of non-ortho nitro benzene ring substituents is 1. The van der Waals surface area contributed by atoms with Gasteiger partial charge in [0.05, 0.1) is 17.0 Å². The first-order valence-electron chi connectivity index (χ1n) is 11.2. The van der Waals surface area contributed by atoms with Crippen molar-refractivity contribution in [2.75, 3.05) is 5.32 Å². The van der Waals surface area contributed by atoms with E-state index >= 15 is 0 Å². The molecule has 0 aliphatic heterocycles. The Balaban J connectivity index is 1.51. The molecule has 2 N–H and O–H groups in total. The van der Waals surface area contributed by atoms with Gasteiger partial charge in [-0.25, -0.2) is 4.79 Å². The first-order valence-corrected chi connectivity index (χ1v) is 12.2. The van der Waals surface area contributed by atoms with E-state index in [-0.39, 0.29) is 17.9 Å². The number of nitrogens with zero attached hydrogens (tertiary/aromatic N) is 4. The standard InChI is InChI=1S/C25H21F3N6O3S/c1-16-4-2-3-5-17(16)15-38-24-32-31-22(33(24)20-10-12-21(13-11-20)34(36)37)14-29-23(35)30-19-8-6-18(7-9-19)25(26,27)28/h2-13H,14-15H2,1H3,(H2,29,30,35). The molecule has 0 aliphatic carbocycles. The van der Waals surface area contributed by atoms with Crippen molar-refractivity contribution in [3.8, 4) is 5.69 Å². The Bertz CT molecular complexity index is 1440. The number of nitrogens with one attached hydrogen (secondary N) is 2. The number of hydrogen-bond acceptors (Lipinski definition) is 6. The number of halogens is 3. The van der Waals surface area contributed by atoms with Gasteiger partial charge in [-0.2, -0.15) is 13.2 Å². The van der Waals surface area contributed by atoms with Crippen LogP contribution in [0.3, 0.4) is 0 Å². The lowest BCUT2D eigenvalue weighted by Crippen LogP contribution is -2.29. The van der Waals surface area contributed by atoms with Crippen molar-refractivity contribution >= 4 is 29.2 Å². The van der Waals surface area contributed by atoms with Gasteiger partial charge in [0.1, 0.15) is 0 Å². The van der Waals surface area contributed by atoms with Gasteiger partial charge < -0.3 is 10.6 Å². The highest BCUT2D eigenvalue weighted by Crippen LogP contribution is 2.30. The van der Waals surface area contributed by atoms with Crippen molar-refractivity contribution < 1.29 is 22.9 Å². The second-order valence-corrected chi connectivity index (χ2v) is 9.05. The number of alkyl halides is 3. The van der Waals surface area contributed by atoms with Crippen LogP contribution in [0.1, 0.15) is 22.5 Å². The number of rotatable bonds is 8. The highest BCUT2D eigenvalue weighted by atomic mass is 32.2. The molecule has 1 heterocycles. The molecule has 3 aromatic carbocycles. The molecule has 196 valence electrons. The Hall–Kier alpha value is -4.39. The van der Waals surface area contributed by atoms with E-state index in [9.17, 15) is 28.1 Å². The van der Waals surface area contributed by atoms with Crippen LogP contribution in [0.2, 0.25) is 0 Å². The molecule has 0 radical (unpaired) electrons. The fourth-order valence-corrected chi connectivity index (χ4v) is 4.53. The van der Waals surface area contributed by atoms with Crippen LogP contribution in [0.4, 0.5) is 29.3 Å². The van der Waals surface area contributed by atoms with E-state index in [1.807, 2.05) is 31.2 Å². The van der Waals surface area contributed by atoms with Gasteiger partial charge in [0.15, 0.2) is 11.0 Å². The number of hydrogen-bond donors (Lipinski definition) is 2. The molecule has 0 aliphatic rings. The minimum Gasteiger partial charge on any atom is -0.331 e. The smallest absolute Gasteiger partial charge is 0.331 e. The summed E-state index contributed by atoms with van der Waals surface area (Å²) < 4.78 is 39.9. The summed E-state index contributed by atoms with van der Waals surface area (Å²) in [5, 5.41) is 25.1. The van der Waals surface area contributed by atoms with Gasteiger partial charge in [0.25, 0.3) is 5.69 Å². The second kappa shape index (κ2) is 11.3. The number of thioether (sulfide) groups is 1. The van der Waals surface area contributed by atoms with Crippen molar-refractivity contribution in [3.63, 3.8) is 0 Å². The minimum absolute atomic E-state index is 0.0681. The fraction of sp³-hybridized carbons (Fsp3) is 0.160. The third-order valence-corrected chi connectivity index (χ3v) is 6.49. The highest BCUT2D eigenvalue weighted by Gasteiger charge is 2.30. The Labute approximate surface area is 219 Å². The molecule has 0 atom stereocenters. The summed E-state index contributed by atoms with van der Waals surface area (Å²) >= 11 is 1.42. The largest absolute Gasteiger partial charge is 0.416 e. The predicted octanol–water partition coefficient (Wildman–Crippen LogP) is 6.12. The molecule has 0 bridgehead atoms. The molecule has 1 aromatic heterocycles. The Kier molecular flexibility index (Phi) is 7.96. The van der Waals surface area contributed by atoms with Crippen LogP contribution in [-0.4, -0.2) is 25.7 Å². The average molecular weight is 543 g/mol. The van der Waals surface area contributed by atoms with Gasteiger partial charge in [-0.05, 0) is 54.4 Å². The van der Waals surface area contributed by atoms with Crippen LogP contribution in [-0.2, 0) is 18.5 Å². The maximum absolute atomic E-state index is 12.8. The summed E-state index contributed by atoms with van der Waals surface area (Å²) in [5.41, 5.74) is 2.06. The molecule has 4 rings (SSSR count). The lowest BCUT2D eigenvalue weighted by Gasteiger charge is -2.12. The van der Waals surface area contributed by atoms with Crippen LogP contribution in [0.5, 0.6) is 0 Å². The molecule has 0 spiro atoms. The topological polar surface area (TPSA) is 115 Å². The summed E-state index contributed by atoms with van der Waals surface area (Å²) in [6.45, 7) is 1.93. The SMILES string of the molecule is Cc1ccccc1CSc1nnc(CNC(=O)Nc2ccc(C(F)(F)F)cc2)n1-c1ccc([N+](=O)[O-])cc1. The predicted molar refractivity (Wildman–Crippen MR) is 136 cm³/mol. The maximum atomic E-state index is 12.8. The molecule has 4 aromatic rings.